The Morgan fingerprint density at radius 1 is 1.43 bits per heavy atom. The van der Waals surface area contributed by atoms with Crippen molar-refractivity contribution in [1.29, 1.82) is 0 Å². The van der Waals surface area contributed by atoms with Crippen LogP contribution in [0.5, 0.6) is 0 Å². The summed E-state index contributed by atoms with van der Waals surface area (Å²) in [6.07, 6.45) is 0. The molecule has 3 heteroatoms. The molecule has 0 aliphatic carbocycles. The van der Waals surface area contributed by atoms with Crippen LogP contribution >= 0.6 is 0 Å². The lowest BCUT2D eigenvalue weighted by Gasteiger charge is -2.11. The molecule has 0 fully saturated rings. The summed E-state index contributed by atoms with van der Waals surface area (Å²) in [6.45, 7) is 4.23. The van der Waals surface area contributed by atoms with Crippen molar-refractivity contribution in [2.45, 2.75) is 24.7 Å². The van der Waals surface area contributed by atoms with Crippen LogP contribution < -0.4 is 4.72 Å². The van der Waals surface area contributed by atoms with Crippen LogP contribution in [0.25, 0.3) is 0 Å². The van der Waals surface area contributed by atoms with E-state index in [1.54, 1.807) is 7.05 Å². The lowest BCUT2D eigenvalue weighted by molar-refractivity contribution is 0.675. The molecule has 1 rings (SSSR count). The van der Waals surface area contributed by atoms with Crippen molar-refractivity contribution in [3.8, 4) is 0 Å². The molecule has 14 heavy (non-hydrogen) atoms. The molecule has 0 aromatic heterocycles. The molecule has 0 bridgehead atoms. The highest BCUT2D eigenvalue weighted by Gasteiger charge is 2.06. The zero-order valence-corrected chi connectivity index (χ0v) is 9.73. The average molecular weight is 211 g/mol. The Morgan fingerprint density at radius 2 is 2.07 bits per heavy atom. The Labute approximate surface area is 86.5 Å². The van der Waals surface area contributed by atoms with Gasteiger partial charge >= 0.3 is 0 Å². The van der Waals surface area contributed by atoms with Crippen LogP contribution in [0.3, 0.4) is 0 Å². The van der Waals surface area contributed by atoms with Crippen LogP contribution in [0, 0.1) is 0 Å². The Morgan fingerprint density at radius 3 is 2.57 bits per heavy atom. The van der Waals surface area contributed by atoms with Gasteiger partial charge in [0.25, 0.3) is 0 Å². The quantitative estimate of drug-likeness (QED) is 0.761. The van der Waals surface area contributed by atoms with Crippen molar-refractivity contribution in [3.63, 3.8) is 0 Å². The first-order valence-electron chi connectivity index (χ1n) is 4.63. The highest BCUT2D eigenvalue weighted by molar-refractivity contribution is 7.98. The molecule has 0 saturated carbocycles. The summed E-state index contributed by atoms with van der Waals surface area (Å²) in [7, 11) is -0.640. The van der Waals surface area contributed by atoms with E-state index in [1.807, 2.05) is 24.3 Å². The fourth-order valence-electron chi connectivity index (χ4n) is 1.20. The average Bonchev–Trinajstić information content (AvgIpc) is 2.18. The summed E-state index contributed by atoms with van der Waals surface area (Å²) < 4.78 is 14.6. The van der Waals surface area contributed by atoms with E-state index in [4.69, 9.17) is 0 Å². The van der Waals surface area contributed by atoms with Gasteiger partial charge in [-0.25, -0.2) is 8.93 Å². The van der Waals surface area contributed by atoms with Crippen molar-refractivity contribution in [3.05, 3.63) is 29.8 Å². The fraction of sp³-hybridized carbons (Fsp3) is 0.364. The maximum atomic E-state index is 11.9. The molecule has 1 N–H and O–H groups in total. The van der Waals surface area contributed by atoms with E-state index >= 15 is 0 Å². The molecule has 0 radical (unpaired) electrons. The second-order valence-corrected chi connectivity index (χ2v) is 5.84. The molecule has 1 aromatic carbocycles. The number of nitrogens with one attached hydrogen (secondary N) is 1. The van der Waals surface area contributed by atoms with E-state index in [-0.39, 0.29) is 0 Å². The summed E-state index contributed by atoms with van der Waals surface area (Å²) in [5.41, 5.74) is 1.19. The molecule has 78 valence electrons. The Kier molecular flexibility index (Phi) is 3.34. The van der Waals surface area contributed by atoms with Crippen LogP contribution in [0.15, 0.2) is 29.2 Å². The lowest BCUT2D eigenvalue weighted by Crippen LogP contribution is -2.18. The van der Waals surface area contributed by atoms with Gasteiger partial charge in [0.15, 0.2) is 0 Å². The normalized spacial score (nSPS) is 15.4. The third kappa shape index (κ3) is 2.36. The summed E-state index contributed by atoms with van der Waals surface area (Å²) in [4.78, 5) is 0.770. The predicted octanol–water partition coefficient (Wildman–Crippen LogP) is 2.02. The van der Waals surface area contributed by atoms with Crippen molar-refractivity contribution in [2.75, 3.05) is 7.05 Å². The first kappa shape index (κ1) is 11.3. The third-order valence-electron chi connectivity index (χ3n) is 2.24. The summed E-state index contributed by atoms with van der Waals surface area (Å²) >= 11 is 0. The van der Waals surface area contributed by atoms with E-state index in [2.05, 4.69) is 24.4 Å². The van der Waals surface area contributed by atoms with Gasteiger partial charge < -0.3 is 0 Å². The lowest BCUT2D eigenvalue weighted by atomic mass is 10.0. The van der Waals surface area contributed by atoms with Gasteiger partial charge in [-0.05, 0) is 36.5 Å². The molecule has 0 aliphatic rings. The molecule has 1 unspecified atom stereocenters. The van der Waals surface area contributed by atoms with Gasteiger partial charge in [0, 0.05) is 4.90 Å². The molecule has 2 nitrogen and oxygen atoms in total. The van der Waals surface area contributed by atoms with E-state index < -0.39 is 9.71 Å². The van der Waals surface area contributed by atoms with Gasteiger partial charge in [-0.1, -0.05) is 26.0 Å². The first-order chi connectivity index (χ1) is 6.47. The van der Waals surface area contributed by atoms with Crippen LogP contribution in [0.2, 0.25) is 0 Å². The monoisotopic (exact) mass is 211 g/mol. The standard InChI is InChI=1S/C11H17NOS/c1-9(2)10-6-5-7-11(8-10)14(4,13)12-3/h5-9H,4H2,1-3H3,(H,12,13). The highest BCUT2D eigenvalue weighted by Crippen LogP contribution is 2.18. The maximum Gasteiger partial charge on any atom is 0.0530 e. The number of rotatable bonds is 3. The second kappa shape index (κ2) is 4.15. The molecule has 0 heterocycles. The SMILES string of the molecule is C=S(=O)(NC)c1cccc(C(C)C)c1. The van der Waals surface area contributed by atoms with E-state index in [9.17, 15) is 4.21 Å². The number of hydrogen-bond donors (Lipinski definition) is 1. The largest absolute Gasteiger partial charge is 0.248 e. The molecule has 0 saturated heterocycles. The van der Waals surface area contributed by atoms with E-state index in [1.165, 1.54) is 5.56 Å². The van der Waals surface area contributed by atoms with Crippen LogP contribution in [0.4, 0.5) is 0 Å². The van der Waals surface area contributed by atoms with Crippen molar-refractivity contribution < 1.29 is 4.21 Å². The Hall–Kier alpha value is -0.800. The number of hydrogen-bond acceptors (Lipinski definition) is 1. The molecule has 0 spiro atoms. The fourth-order valence-corrected chi connectivity index (χ4v) is 2.06. The van der Waals surface area contributed by atoms with Gasteiger partial charge in [-0.3, -0.25) is 0 Å². The van der Waals surface area contributed by atoms with Crippen LogP contribution in [-0.4, -0.2) is 17.1 Å². The molecule has 0 aliphatic heterocycles. The van der Waals surface area contributed by atoms with Crippen molar-refractivity contribution in [2.24, 2.45) is 0 Å². The van der Waals surface area contributed by atoms with Gasteiger partial charge in [-0.15, -0.1) is 0 Å². The highest BCUT2D eigenvalue weighted by atomic mass is 32.2. The van der Waals surface area contributed by atoms with Gasteiger partial charge in [0.1, 0.15) is 0 Å². The third-order valence-corrected chi connectivity index (χ3v) is 3.91. The molecule has 1 aromatic rings. The minimum absolute atomic E-state index is 0.446. The zero-order chi connectivity index (χ0) is 10.8. The molecular formula is C11H17NOS. The topological polar surface area (TPSA) is 29.1 Å². The minimum atomic E-state index is -2.30. The maximum absolute atomic E-state index is 11.9. The van der Waals surface area contributed by atoms with Gasteiger partial charge in [-0.2, -0.15) is 0 Å². The summed E-state index contributed by atoms with van der Waals surface area (Å²) in [6, 6.07) is 7.76. The molecular weight excluding hydrogens is 194 g/mol. The molecule has 0 amide bonds. The van der Waals surface area contributed by atoms with Crippen LogP contribution in [0.1, 0.15) is 25.3 Å². The van der Waals surface area contributed by atoms with Gasteiger partial charge in [0.2, 0.25) is 0 Å². The first-order valence-corrected chi connectivity index (χ1v) is 6.36. The van der Waals surface area contributed by atoms with Crippen molar-refractivity contribution in [1.82, 2.24) is 4.72 Å². The second-order valence-electron chi connectivity index (χ2n) is 3.61. The predicted molar refractivity (Wildman–Crippen MR) is 63.1 cm³/mol. The summed E-state index contributed by atoms with van der Waals surface area (Å²) in [5, 5.41) is 0. The molecule has 1 atom stereocenters. The van der Waals surface area contributed by atoms with Crippen molar-refractivity contribution >= 4 is 15.6 Å². The van der Waals surface area contributed by atoms with Crippen LogP contribution in [-0.2, 0) is 9.71 Å². The minimum Gasteiger partial charge on any atom is -0.248 e. The summed E-state index contributed by atoms with van der Waals surface area (Å²) in [5.74, 6) is 4.12. The van der Waals surface area contributed by atoms with Gasteiger partial charge in [0.05, 0.1) is 9.71 Å². The smallest absolute Gasteiger partial charge is 0.0530 e. The van der Waals surface area contributed by atoms with E-state index in [0.717, 1.165) is 4.90 Å². The van der Waals surface area contributed by atoms with E-state index in [0.29, 0.717) is 5.92 Å². The Balaban J connectivity index is 3.19. The Bertz CT molecular complexity index is 407. The zero-order valence-electron chi connectivity index (χ0n) is 8.91. The number of benzene rings is 1.